The van der Waals surface area contributed by atoms with Crippen LogP contribution in [0.4, 0.5) is 0 Å². The lowest BCUT2D eigenvalue weighted by molar-refractivity contribution is 0.0488. The summed E-state index contributed by atoms with van der Waals surface area (Å²) >= 11 is 0. The van der Waals surface area contributed by atoms with Crippen molar-refractivity contribution in [1.82, 2.24) is 0 Å². The van der Waals surface area contributed by atoms with Gasteiger partial charge in [-0.3, -0.25) is 0 Å². The van der Waals surface area contributed by atoms with Crippen molar-refractivity contribution < 1.29 is 27.9 Å². The second-order valence-corrected chi connectivity index (χ2v) is 9.72. The van der Waals surface area contributed by atoms with E-state index in [0.29, 0.717) is 57.8 Å². The minimum Gasteiger partial charge on any atom is -0.462 e. The van der Waals surface area contributed by atoms with Gasteiger partial charge in [-0.2, -0.15) is 0 Å². The Morgan fingerprint density at radius 2 is 0.972 bits per heavy atom. The van der Waals surface area contributed by atoms with Crippen LogP contribution in [0.5, 0.6) is 0 Å². The van der Waals surface area contributed by atoms with Gasteiger partial charge >= 0.3 is 11.9 Å². The number of ether oxygens (including phenoxy) is 2. The van der Waals surface area contributed by atoms with Gasteiger partial charge in [-0.05, 0) is 38.8 Å². The number of rotatable bonds is 16. The molecule has 3 aromatic rings. The first-order valence-corrected chi connectivity index (χ1v) is 13.8. The Balaban J connectivity index is 1.66. The highest BCUT2D eigenvalue weighted by molar-refractivity contribution is 6.12. The second-order valence-electron chi connectivity index (χ2n) is 9.72. The zero-order valence-electron chi connectivity index (χ0n) is 22.5. The molecule has 0 saturated heterocycles. The predicted molar refractivity (Wildman–Crippen MR) is 143 cm³/mol. The molecule has 0 bridgehead atoms. The highest BCUT2D eigenvalue weighted by Crippen LogP contribution is 2.34. The van der Waals surface area contributed by atoms with Crippen LogP contribution in [-0.2, 0) is 9.47 Å². The normalized spacial score (nSPS) is 11.4. The van der Waals surface area contributed by atoms with Crippen LogP contribution in [-0.4, -0.2) is 25.2 Å². The number of hydrogen-bond acceptors (Lipinski definition) is 6. The van der Waals surface area contributed by atoms with E-state index in [-0.39, 0.29) is 11.9 Å². The molecule has 0 amide bonds. The molecule has 6 heteroatoms. The number of hydrogen-bond donors (Lipinski definition) is 0. The van der Waals surface area contributed by atoms with Gasteiger partial charge in [0.1, 0.15) is 33.8 Å². The van der Waals surface area contributed by atoms with Crippen LogP contribution >= 0.6 is 0 Å². The van der Waals surface area contributed by atoms with Crippen LogP contribution in [0.1, 0.15) is 123 Å². The van der Waals surface area contributed by atoms with Gasteiger partial charge in [0, 0.05) is 10.8 Å². The van der Waals surface area contributed by atoms with Gasteiger partial charge < -0.3 is 18.3 Å². The summed E-state index contributed by atoms with van der Waals surface area (Å²) in [6, 6.07) is 3.53. The number of esters is 2. The topological polar surface area (TPSA) is 78.9 Å². The third kappa shape index (κ3) is 7.14. The Kier molecular flexibility index (Phi) is 10.9. The molecule has 0 aliphatic heterocycles. The maximum atomic E-state index is 12.8. The van der Waals surface area contributed by atoms with Gasteiger partial charge in [-0.25, -0.2) is 9.59 Å². The molecular weight excluding hydrogens is 456 g/mol. The van der Waals surface area contributed by atoms with Crippen molar-refractivity contribution in [2.75, 3.05) is 13.2 Å². The van der Waals surface area contributed by atoms with Gasteiger partial charge in [-0.1, -0.05) is 78.1 Å². The van der Waals surface area contributed by atoms with Crippen molar-refractivity contribution in [3.05, 3.63) is 34.8 Å². The van der Waals surface area contributed by atoms with Crippen molar-refractivity contribution in [3.63, 3.8) is 0 Å². The largest absolute Gasteiger partial charge is 0.462 e. The van der Waals surface area contributed by atoms with Gasteiger partial charge in [0.25, 0.3) is 0 Å². The lowest BCUT2D eigenvalue weighted by Crippen LogP contribution is -2.07. The number of furan rings is 2. The lowest BCUT2D eigenvalue weighted by atomic mass is 10.1. The molecule has 0 N–H and O–H groups in total. The minimum absolute atomic E-state index is 0.388. The van der Waals surface area contributed by atoms with E-state index in [4.69, 9.17) is 18.3 Å². The van der Waals surface area contributed by atoms with E-state index in [9.17, 15) is 9.59 Å². The van der Waals surface area contributed by atoms with Crippen molar-refractivity contribution in [1.29, 1.82) is 0 Å². The summed E-state index contributed by atoms with van der Waals surface area (Å²) in [6.07, 6.45) is 13.5. The number of unbranched alkanes of at least 4 members (excludes halogenated alkanes) is 10. The molecule has 0 radical (unpaired) electrons. The summed E-state index contributed by atoms with van der Waals surface area (Å²) < 4.78 is 22.9. The molecule has 0 aliphatic carbocycles. The molecule has 0 unspecified atom stereocenters. The van der Waals surface area contributed by atoms with E-state index in [2.05, 4.69) is 13.8 Å². The summed E-state index contributed by atoms with van der Waals surface area (Å²) in [4.78, 5) is 25.7. The molecule has 0 atom stereocenters. The molecule has 198 valence electrons. The number of carbonyl (C=O) groups is 2. The summed E-state index contributed by atoms with van der Waals surface area (Å²) in [7, 11) is 0. The van der Waals surface area contributed by atoms with Gasteiger partial charge in [0.05, 0.1) is 13.2 Å². The fraction of sp³-hybridized carbons (Fsp3) is 0.600. The van der Waals surface area contributed by atoms with Crippen LogP contribution in [0.15, 0.2) is 21.0 Å². The Morgan fingerprint density at radius 3 is 1.36 bits per heavy atom. The van der Waals surface area contributed by atoms with Crippen molar-refractivity contribution in [2.24, 2.45) is 0 Å². The third-order valence-electron chi connectivity index (χ3n) is 6.72. The molecule has 0 fully saturated rings. The van der Waals surface area contributed by atoms with E-state index >= 15 is 0 Å². The molecule has 0 aliphatic rings. The van der Waals surface area contributed by atoms with E-state index in [1.807, 2.05) is 0 Å². The van der Waals surface area contributed by atoms with Gasteiger partial charge in [0.2, 0.25) is 0 Å². The SMILES string of the molecule is CCCCCCCCOC(=O)c1c(C)oc2cc3c(C(=O)OCCCCCCCC)c(C)oc3cc12. The molecule has 2 aromatic heterocycles. The molecule has 3 rings (SSSR count). The Morgan fingerprint density at radius 1 is 0.611 bits per heavy atom. The Bertz CT molecular complexity index is 1050. The van der Waals surface area contributed by atoms with E-state index in [0.717, 1.165) is 25.7 Å². The van der Waals surface area contributed by atoms with E-state index in [1.165, 1.54) is 51.4 Å². The highest BCUT2D eigenvalue weighted by Gasteiger charge is 2.25. The molecule has 6 nitrogen and oxygen atoms in total. The average molecular weight is 499 g/mol. The number of carbonyl (C=O) groups excluding carboxylic acids is 2. The van der Waals surface area contributed by atoms with Crippen molar-refractivity contribution >= 4 is 33.9 Å². The molecule has 0 saturated carbocycles. The quantitative estimate of drug-likeness (QED) is 0.145. The number of fused-ring (bicyclic) bond motifs is 2. The third-order valence-corrected chi connectivity index (χ3v) is 6.72. The Labute approximate surface area is 214 Å². The van der Waals surface area contributed by atoms with Crippen molar-refractivity contribution in [3.8, 4) is 0 Å². The first kappa shape index (κ1) is 27.8. The fourth-order valence-corrected chi connectivity index (χ4v) is 4.68. The van der Waals surface area contributed by atoms with Crippen LogP contribution in [0, 0.1) is 13.8 Å². The second kappa shape index (κ2) is 14.1. The maximum absolute atomic E-state index is 12.8. The van der Waals surface area contributed by atoms with Crippen LogP contribution < -0.4 is 0 Å². The number of aryl methyl sites for hydroxylation is 2. The molecule has 36 heavy (non-hydrogen) atoms. The molecule has 0 spiro atoms. The monoisotopic (exact) mass is 498 g/mol. The fourth-order valence-electron chi connectivity index (χ4n) is 4.68. The highest BCUT2D eigenvalue weighted by atomic mass is 16.5. The van der Waals surface area contributed by atoms with E-state index < -0.39 is 0 Å². The predicted octanol–water partition coefficient (Wildman–Crippen LogP) is 8.83. The Hall–Kier alpha value is -2.76. The smallest absolute Gasteiger partial charge is 0.342 e. The zero-order chi connectivity index (χ0) is 25.9. The summed E-state index contributed by atoms with van der Waals surface area (Å²) in [5.41, 5.74) is 1.88. The lowest BCUT2D eigenvalue weighted by Gasteiger charge is -2.05. The minimum atomic E-state index is -0.388. The first-order valence-electron chi connectivity index (χ1n) is 13.8. The number of benzene rings is 1. The van der Waals surface area contributed by atoms with Gasteiger partial charge in [0.15, 0.2) is 0 Å². The van der Waals surface area contributed by atoms with Crippen LogP contribution in [0.2, 0.25) is 0 Å². The summed E-state index contributed by atoms with van der Waals surface area (Å²) in [6.45, 7) is 8.69. The van der Waals surface area contributed by atoms with Crippen LogP contribution in [0.25, 0.3) is 21.9 Å². The van der Waals surface area contributed by atoms with Crippen LogP contribution in [0.3, 0.4) is 0 Å². The zero-order valence-corrected chi connectivity index (χ0v) is 22.5. The molecule has 2 heterocycles. The molecular formula is C30H42O6. The summed E-state index contributed by atoms with van der Waals surface area (Å²) in [5, 5.41) is 1.27. The molecule has 1 aromatic carbocycles. The van der Waals surface area contributed by atoms with Gasteiger partial charge in [-0.15, -0.1) is 0 Å². The average Bonchev–Trinajstić information content (AvgIpc) is 3.34. The van der Waals surface area contributed by atoms with E-state index in [1.54, 1.807) is 26.0 Å². The maximum Gasteiger partial charge on any atom is 0.342 e. The first-order chi connectivity index (χ1) is 17.5. The standard InChI is InChI=1S/C30H42O6/c1-5-7-9-11-13-15-17-33-29(31)27-21(3)35-25-20-24-26(19-23(25)27)36-22(4)28(24)30(32)34-18-16-14-12-10-8-6-2/h19-20H,5-18H2,1-4H3. The van der Waals surface area contributed by atoms with Crippen molar-refractivity contribution in [2.45, 2.75) is 105 Å². The summed E-state index contributed by atoms with van der Waals surface area (Å²) in [5.74, 6) is 0.214.